The zero-order valence-corrected chi connectivity index (χ0v) is 18.7. The average Bonchev–Trinajstić information content (AvgIpc) is 2.60. The monoisotopic (exact) mass is 445 g/mol. The molecule has 1 N–H and O–H groups in total. The smallest absolute Gasteiger partial charge is 0.471 e. The van der Waals surface area contributed by atoms with Crippen LogP contribution >= 0.6 is 7.36 Å². The maximum absolute atomic E-state index is 13.4. The molecule has 0 aliphatic heterocycles. The second-order valence-electron chi connectivity index (χ2n) is 6.45. The van der Waals surface area contributed by atoms with E-state index in [0.717, 1.165) is 0 Å². The van der Waals surface area contributed by atoms with E-state index in [2.05, 4.69) is 0 Å². The predicted molar refractivity (Wildman–Crippen MR) is 107 cm³/mol. The second kappa shape index (κ2) is 12.7. The summed E-state index contributed by atoms with van der Waals surface area (Å²) >= 11 is 5.30. The fraction of sp³-hybridized carbons (Fsp3) is 0.882. The van der Waals surface area contributed by atoms with E-state index < -0.39 is 30.1 Å². The predicted octanol–water partition coefficient (Wildman–Crippen LogP) is 3.73. The summed E-state index contributed by atoms with van der Waals surface area (Å²) in [6.07, 6.45) is -2.70. The number of carboxylic acid groups (broad SMARTS) is 1. The topological polar surface area (TPSA) is 64.1 Å². The molecule has 0 aliphatic rings. The van der Waals surface area contributed by atoms with E-state index in [4.69, 9.17) is 11.8 Å². The van der Waals surface area contributed by atoms with Gasteiger partial charge >= 0.3 is 18.1 Å². The third-order valence-electron chi connectivity index (χ3n) is 4.09. The van der Waals surface area contributed by atoms with E-state index in [1.54, 1.807) is 9.80 Å². The molecule has 0 unspecified atom stereocenters. The van der Waals surface area contributed by atoms with Crippen LogP contribution in [-0.4, -0.2) is 76.1 Å². The van der Waals surface area contributed by atoms with Crippen LogP contribution in [0.25, 0.3) is 0 Å². The second-order valence-corrected chi connectivity index (χ2v) is 7.78. The number of carboxylic acids is 1. The fourth-order valence-electron chi connectivity index (χ4n) is 3.21. The number of amides is 1. The molecule has 0 bridgehead atoms. The first-order valence-corrected chi connectivity index (χ1v) is 11.4. The van der Waals surface area contributed by atoms with Crippen LogP contribution in [0.5, 0.6) is 0 Å². The van der Waals surface area contributed by atoms with Crippen molar-refractivity contribution < 1.29 is 27.9 Å². The third-order valence-corrected chi connectivity index (χ3v) is 5.88. The summed E-state index contributed by atoms with van der Waals surface area (Å²) in [6.45, 7) is 8.01. The van der Waals surface area contributed by atoms with Crippen molar-refractivity contribution in [3.63, 3.8) is 0 Å². The van der Waals surface area contributed by atoms with Gasteiger partial charge in [0.1, 0.15) is 6.54 Å². The van der Waals surface area contributed by atoms with Crippen LogP contribution in [0, 0.1) is 0 Å². The number of alkyl halides is 3. The fourth-order valence-corrected chi connectivity index (χ4v) is 5.09. The highest BCUT2D eigenvalue weighted by atomic mass is 32.4. The van der Waals surface area contributed by atoms with Gasteiger partial charge in [-0.1, -0.05) is 39.5 Å². The van der Waals surface area contributed by atoms with Gasteiger partial charge in [0.2, 0.25) is 5.53 Å². The number of rotatable bonds is 14. The number of hydrogen-bond acceptors (Lipinski definition) is 5. The first-order valence-electron chi connectivity index (χ1n) is 9.51. The van der Waals surface area contributed by atoms with Gasteiger partial charge in [0, 0.05) is 33.5 Å². The van der Waals surface area contributed by atoms with Crippen molar-refractivity contribution in [2.24, 2.45) is 0 Å². The zero-order chi connectivity index (χ0) is 22.0. The number of carbonyl (C=O) groups is 2. The number of aliphatic carboxylic acids is 1. The molecule has 0 heterocycles. The molecule has 164 valence electrons. The van der Waals surface area contributed by atoms with Crippen molar-refractivity contribution in [1.29, 1.82) is 0 Å². The first-order chi connectivity index (χ1) is 13.1. The summed E-state index contributed by atoms with van der Waals surface area (Å²) in [5, 5.41) is 9.31. The molecule has 0 saturated carbocycles. The van der Waals surface area contributed by atoms with Crippen molar-refractivity contribution in [2.75, 3.05) is 32.7 Å². The van der Waals surface area contributed by atoms with Crippen LogP contribution in [0.1, 0.15) is 53.4 Å². The SMILES string of the molecule is CCCN(CCC)C(P=S)(N(CCC)CCC)N(CC(=O)O)C(=O)C(F)(F)F. The van der Waals surface area contributed by atoms with E-state index in [0.29, 0.717) is 56.8 Å². The van der Waals surface area contributed by atoms with Gasteiger partial charge in [-0.2, -0.15) is 13.2 Å². The van der Waals surface area contributed by atoms with Crippen molar-refractivity contribution in [2.45, 2.75) is 65.1 Å². The van der Waals surface area contributed by atoms with E-state index in [-0.39, 0.29) is 7.36 Å². The van der Waals surface area contributed by atoms with Crippen LogP contribution in [0.15, 0.2) is 0 Å². The number of nitrogens with zero attached hydrogens (tertiary/aromatic N) is 3. The highest BCUT2D eigenvalue weighted by molar-refractivity contribution is 7.97. The Kier molecular flexibility index (Phi) is 12.3. The van der Waals surface area contributed by atoms with E-state index in [1.807, 2.05) is 27.7 Å². The van der Waals surface area contributed by atoms with Gasteiger partial charge < -0.3 is 5.11 Å². The number of hydrogen-bond donors (Lipinski definition) is 1. The highest BCUT2D eigenvalue weighted by Crippen LogP contribution is 2.39. The Morgan fingerprint density at radius 2 is 1.25 bits per heavy atom. The average molecular weight is 445 g/mol. The summed E-state index contributed by atoms with van der Waals surface area (Å²) in [7, 11) is 0.0563. The highest BCUT2D eigenvalue weighted by Gasteiger charge is 2.55. The largest absolute Gasteiger partial charge is 0.480 e. The lowest BCUT2D eigenvalue weighted by Gasteiger charge is -2.53. The van der Waals surface area contributed by atoms with E-state index >= 15 is 0 Å². The van der Waals surface area contributed by atoms with Gasteiger partial charge in [-0.3, -0.25) is 24.3 Å². The Labute approximate surface area is 171 Å². The molecule has 0 radical (unpaired) electrons. The standard InChI is InChI=1S/C17H31F3N3O3PS/c1-5-9-21(10-6-2)17(27-28,22(11-7-3)12-8-4)23(13-14(24)25)15(26)16(18,19)20/h5-13H2,1-4H3,(H,24,25). The Balaban J connectivity index is 6.77. The summed E-state index contributed by atoms with van der Waals surface area (Å²) in [6, 6.07) is 0. The molecule has 0 spiro atoms. The zero-order valence-electron chi connectivity index (χ0n) is 17.0. The maximum Gasteiger partial charge on any atom is 0.471 e. The summed E-state index contributed by atoms with van der Waals surface area (Å²) in [4.78, 5) is 27.7. The Morgan fingerprint density at radius 1 is 0.893 bits per heavy atom. The molecular formula is C17H31F3N3O3PS. The van der Waals surface area contributed by atoms with Gasteiger partial charge in [0.15, 0.2) is 0 Å². The molecule has 0 aromatic rings. The Morgan fingerprint density at radius 3 is 1.46 bits per heavy atom. The van der Waals surface area contributed by atoms with Gasteiger partial charge in [-0.05, 0) is 25.7 Å². The molecule has 0 saturated heterocycles. The number of carbonyl (C=O) groups excluding carboxylic acids is 1. The number of halogens is 3. The lowest BCUT2D eigenvalue weighted by Crippen LogP contribution is -2.70. The van der Waals surface area contributed by atoms with Crippen LogP contribution in [0.2, 0.25) is 0 Å². The summed E-state index contributed by atoms with van der Waals surface area (Å²) < 4.78 is 40.3. The minimum atomic E-state index is -5.20. The lowest BCUT2D eigenvalue weighted by molar-refractivity contribution is -0.206. The Hall–Kier alpha value is -0.830. The molecule has 0 rings (SSSR count). The van der Waals surface area contributed by atoms with Crippen molar-refractivity contribution in [3.8, 4) is 0 Å². The molecule has 6 nitrogen and oxygen atoms in total. The van der Waals surface area contributed by atoms with Crippen LogP contribution in [0.3, 0.4) is 0 Å². The maximum atomic E-state index is 13.4. The van der Waals surface area contributed by atoms with Crippen LogP contribution in [-0.2, 0) is 21.4 Å². The summed E-state index contributed by atoms with van der Waals surface area (Å²) in [5.41, 5.74) is -1.65. The third kappa shape index (κ3) is 6.90. The molecule has 1 amide bonds. The van der Waals surface area contributed by atoms with E-state index in [1.165, 1.54) is 0 Å². The van der Waals surface area contributed by atoms with Crippen molar-refractivity contribution in [3.05, 3.63) is 0 Å². The summed E-state index contributed by atoms with van der Waals surface area (Å²) in [5.74, 6) is -3.69. The van der Waals surface area contributed by atoms with Gasteiger partial charge in [0.05, 0.1) is 0 Å². The lowest BCUT2D eigenvalue weighted by atomic mass is 10.2. The molecule has 0 aliphatic carbocycles. The quantitative estimate of drug-likeness (QED) is 0.325. The molecule has 0 aromatic carbocycles. The van der Waals surface area contributed by atoms with Crippen LogP contribution in [0.4, 0.5) is 13.2 Å². The van der Waals surface area contributed by atoms with Crippen molar-refractivity contribution in [1.82, 2.24) is 14.7 Å². The van der Waals surface area contributed by atoms with Gasteiger partial charge in [0.25, 0.3) is 0 Å². The molecule has 0 atom stereocenters. The Bertz CT molecular complexity index is 496. The molecule has 11 heteroatoms. The first kappa shape index (κ1) is 27.2. The minimum Gasteiger partial charge on any atom is -0.480 e. The van der Waals surface area contributed by atoms with E-state index in [9.17, 15) is 27.9 Å². The van der Waals surface area contributed by atoms with Gasteiger partial charge in [-0.15, -0.1) is 0 Å². The molecule has 0 aromatic heterocycles. The normalized spacial score (nSPS) is 12.8. The molecular weight excluding hydrogens is 414 g/mol. The van der Waals surface area contributed by atoms with Crippen molar-refractivity contribution >= 4 is 31.0 Å². The molecule has 0 fully saturated rings. The molecule has 28 heavy (non-hydrogen) atoms. The van der Waals surface area contributed by atoms with Crippen LogP contribution < -0.4 is 0 Å². The van der Waals surface area contributed by atoms with Gasteiger partial charge in [-0.25, -0.2) is 0 Å². The minimum absolute atomic E-state index is 0.0563.